The van der Waals surface area contributed by atoms with Crippen molar-refractivity contribution in [3.63, 3.8) is 0 Å². The molecule has 138 valence electrons. The first-order valence-electron chi connectivity index (χ1n) is 8.89. The molecule has 4 heterocycles. The van der Waals surface area contributed by atoms with E-state index in [0.29, 0.717) is 41.9 Å². The lowest BCUT2D eigenvalue weighted by atomic mass is 9.89. The molecule has 0 spiro atoms. The summed E-state index contributed by atoms with van der Waals surface area (Å²) in [5.74, 6) is 0.647. The minimum atomic E-state index is -0.416. The quantitative estimate of drug-likeness (QED) is 0.459. The minimum absolute atomic E-state index is 0.0782. The number of allylic oxidation sites excluding steroid dienone is 1. The van der Waals surface area contributed by atoms with Gasteiger partial charge < -0.3 is 18.6 Å². The molecule has 0 aliphatic carbocycles. The maximum Gasteiger partial charge on any atom is 0.341 e. The lowest BCUT2D eigenvalue weighted by Crippen LogP contribution is -2.12. The summed E-state index contributed by atoms with van der Waals surface area (Å²) in [6, 6.07) is 1.72. The number of furan rings is 1. The lowest BCUT2D eigenvalue weighted by molar-refractivity contribution is -0.140. The first-order chi connectivity index (χ1) is 12.5. The van der Waals surface area contributed by atoms with Crippen LogP contribution in [0.1, 0.15) is 54.2 Å². The van der Waals surface area contributed by atoms with Gasteiger partial charge in [-0.25, -0.2) is 9.59 Å². The zero-order valence-corrected chi connectivity index (χ0v) is 14.9. The molecule has 6 heteroatoms. The van der Waals surface area contributed by atoms with Crippen LogP contribution in [0, 0.1) is 5.92 Å². The van der Waals surface area contributed by atoms with Crippen molar-refractivity contribution in [3.05, 3.63) is 47.0 Å². The Morgan fingerprint density at radius 3 is 2.92 bits per heavy atom. The molecule has 4 atom stereocenters. The third-order valence-corrected chi connectivity index (χ3v) is 5.36. The second-order valence-electron chi connectivity index (χ2n) is 7.23. The zero-order valence-electron chi connectivity index (χ0n) is 14.9. The highest BCUT2D eigenvalue weighted by Crippen LogP contribution is 2.45. The van der Waals surface area contributed by atoms with Gasteiger partial charge in [0.2, 0.25) is 0 Å². The SMILES string of the molecule is C=C(C)C1CCC2=C[C@H](CC3OC3c3cc(C(=O)OC)c(o3)C1)OC2=O. The Morgan fingerprint density at radius 2 is 2.19 bits per heavy atom. The predicted octanol–water partition coefficient (Wildman–Crippen LogP) is 3.28. The van der Waals surface area contributed by atoms with E-state index in [0.717, 1.165) is 12.0 Å². The van der Waals surface area contributed by atoms with Gasteiger partial charge in [0.1, 0.15) is 29.3 Å². The second-order valence-corrected chi connectivity index (χ2v) is 7.23. The standard InChI is InChI=1S/C20H22O6/c1-10(2)11-4-5-12-6-13(24-19(12)21)8-16-18(26-16)17-9-14(20(22)23-3)15(7-11)25-17/h6,9,11,13,16,18H,1,4-5,7-8H2,2-3H3/t11?,13-,16?,18?/m1/s1. The van der Waals surface area contributed by atoms with Gasteiger partial charge in [-0.3, -0.25) is 0 Å². The van der Waals surface area contributed by atoms with Crippen LogP contribution in [0.25, 0.3) is 0 Å². The molecule has 0 radical (unpaired) electrons. The van der Waals surface area contributed by atoms with Gasteiger partial charge >= 0.3 is 11.9 Å². The molecule has 0 N–H and O–H groups in total. The van der Waals surface area contributed by atoms with Crippen molar-refractivity contribution in [1.82, 2.24) is 0 Å². The molecule has 4 rings (SSSR count). The Bertz CT molecular complexity index is 801. The van der Waals surface area contributed by atoms with E-state index >= 15 is 0 Å². The van der Waals surface area contributed by atoms with E-state index in [-0.39, 0.29) is 30.2 Å². The highest BCUT2D eigenvalue weighted by molar-refractivity contribution is 5.91. The highest BCUT2D eigenvalue weighted by atomic mass is 16.6. The summed E-state index contributed by atoms with van der Waals surface area (Å²) >= 11 is 0. The van der Waals surface area contributed by atoms with Crippen LogP contribution in [0.5, 0.6) is 0 Å². The summed E-state index contributed by atoms with van der Waals surface area (Å²) < 4.78 is 22.0. The maximum absolute atomic E-state index is 12.2. The van der Waals surface area contributed by atoms with E-state index in [9.17, 15) is 9.59 Å². The number of rotatable bonds is 2. The molecule has 4 bridgehead atoms. The number of hydrogen-bond acceptors (Lipinski definition) is 6. The van der Waals surface area contributed by atoms with Crippen molar-refractivity contribution >= 4 is 11.9 Å². The van der Waals surface area contributed by atoms with Gasteiger partial charge in [-0.1, -0.05) is 12.2 Å². The number of ether oxygens (including phenoxy) is 3. The third kappa shape index (κ3) is 3.09. The van der Waals surface area contributed by atoms with E-state index < -0.39 is 5.97 Å². The molecule has 0 saturated carbocycles. The zero-order chi connectivity index (χ0) is 18.4. The summed E-state index contributed by atoms with van der Waals surface area (Å²) in [6.45, 7) is 6.02. The Kier molecular flexibility index (Phi) is 4.23. The fraction of sp³-hybridized carbons (Fsp3) is 0.500. The van der Waals surface area contributed by atoms with E-state index in [4.69, 9.17) is 18.6 Å². The van der Waals surface area contributed by atoms with Crippen molar-refractivity contribution < 1.29 is 28.2 Å². The first kappa shape index (κ1) is 17.1. The Labute approximate surface area is 151 Å². The minimum Gasteiger partial charge on any atom is -0.465 e. The number of carbonyl (C=O) groups excluding carboxylic acids is 2. The monoisotopic (exact) mass is 358 g/mol. The van der Waals surface area contributed by atoms with Crippen LogP contribution in [-0.4, -0.2) is 31.3 Å². The van der Waals surface area contributed by atoms with Crippen LogP contribution in [0.2, 0.25) is 0 Å². The Hall–Kier alpha value is -2.34. The normalized spacial score (nSPS) is 30.1. The van der Waals surface area contributed by atoms with E-state index in [1.165, 1.54) is 7.11 Å². The van der Waals surface area contributed by atoms with Crippen molar-refractivity contribution in [2.75, 3.05) is 7.11 Å². The van der Waals surface area contributed by atoms with Crippen LogP contribution in [0.15, 0.2) is 34.3 Å². The lowest BCUT2D eigenvalue weighted by Gasteiger charge is -2.16. The highest BCUT2D eigenvalue weighted by Gasteiger charge is 2.46. The van der Waals surface area contributed by atoms with Gasteiger partial charge in [-0.15, -0.1) is 0 Å². The van der Waals surface area contributed by atoms with E-state index in [1.54, 1.807) is 6.07 Å². The molecule has 3 aliphatic rings. The summed E-state index contributed by atoms with van der Waals surface area (Å²) in [5.41, 5.74) is 2.14. The average Bonchev–Trinajstić information content (AvgIpc) is 3.08. The number of hydrogen-bond donors (Lipinski definition) is 0. The third-order valence-electron chi connectivity index (χ3n) is 5.36. The van der Waals surface area contributed by atoms with Gasteiger partial charge in [-0.2, -0.15) is 0 Å². The van der Waals surface area contributed by atoms with Crippen LogP contribution in [-0.2, 0) is 25.4 Å². The number of methoxy groups -OCH3 is 1. The second kappa shape index (κ2) is 6.43. The van der Waals surface area contributed by atoms with Crippen LogP contribution in [0.4, 0.5) is 0 Å². The van der Waals surface area contributed by atoms with Crippen molar-refractivity contribution in [2.24, 2.45) is 5.92 Å². The molecule has 1 fully saturated rings. The Balaban J connectivity index is 1.69. The van der Waals surface area contributed by atoms with Crippen molar-refractivity contribution in [2.45, 2.75) is 50.9 Å². The average molecular weight is 358 g/mol. The van der Waals surface area contributed by atoms with Gasteiger partial charge in [-0.05, 0) is 37.8 Å². The van der Waals surface area contributed by atoms with Crippen LogP contribution < -0.4 is 0 Å². The molecule has 3 aliphatic heterocycles. The summed E-state index contributed by atoms with van der Waals surface area (Å²) in [7, 11) is 1.36. The number of carbonyl (C=O) groups is 2. The fourth-order valence-electron chi connectivity index (χ4n) is 3.74. The molecule has 1 aromatic rings. The van der Waals surface area contributed by atoms with Crippen LogP contribution >= 0.6 is 0 Å². The van der Waals surface area contributed by atoms with Gasteiger partial charge in [0.15, 0.2) is 0 Å². The summed E-state index contributed by atoms with van der Waals surface area (Å²) in [5, 5.41) is 0. The maximum atomic E-state index is 12.2. The smallest absolute Gasteiger partial charge is 0.341 e. The Morgan fingerprint density at radius 1 is 1.38 bits per heavy atom. The molecule has 0 aromatic carbocycles. The molecule has 26 heavy (non-hydrogen) atoms. The number of esters is 2. The first-order valence-corrected chi connectivity index (χ1v) is 8.89. The predicted molar refractivity (Wildman–Crippen MR) is 91.5 cm³/mol. The van der Waals surface area contributed by atoms with E-state index in [1.807, 2.05) is 13.0 Å². The van der Waals surface area contributed by atoms with Crippen molar-refractivity contribution in [3.8, 4) is 0 Å². The largest absolute Gasteiger partial charge is 0.465 e. The molecule has 1 saturated heterocycles. The van der Waals surface area contributed by atoms with Gasteiger partial charge in [0.25, 0.3) is 0 Å². The molecule has 3 unspecified atom stereocenters. The van der Waals surface area contributed by atoms with Crippen LogP contribution in [0.3, 0.4) is 0 Å². The molecule has 0 amide bonds. The fourth-order valence-corrected chi connectivity index (χ4v) is 3.74. The molecular weight excluding hydrogens is 336 g/mol. The van der Waals surface area contributed by atoms with E-state index in [2.05, 4.69) is 6.58 Å². The summed E-state index contributed by atoms with van der Waals surface area (Å²) in [4.78, 5) is 24.2. The molecule has 1 aromatic heterocycles. The van der Waals surface area contributed by atoms with Gasteiger partial charge in [0, 0.05) is 18.4 Å². The summed E-state index contributed by atoms with van der Waals surface area (Å²) in [6.07, 6.45) is 3.84. The van der Waals surface area contributed by atoms with Gasteiger partial charge in [0.05, 0.1) is 13.2 Å². The number of fused-ring (bicyclic) bond motifs is 5. The number of epoxide rings is 1. The van der Waals surface area contributed by atoms with Crippen molar-refractivity contribution in [1.29, 1.82) is 0 Å². The topological polar surface area (TPSA) is 78.3 Å². The molecular formula is C20H22O6. The molecule has 6 nitrogen and oxygen atoms in total.